The predicted octanol–water partition coefficient (Wildman–Crippen LogP) is 3.52. The zero-order valence-corrected chi connectivity index (χ0v) is 15.7. The third-order valence-electron chi connectivity index (χ3n) is 4.45. The second kappa shape index (κ2) is 8.17. The van der Waals surface area contributed by atoms with E-state index in [1.807, 2.05) is 45.0 Å². The summed E-state index contributed by atoms with van der Waals surface area (Å²) in [6.45, 7) is 8.01. The molecule has 2 heterocycles. The highest BCUT2D eigenvalue weighted by Gasteiger charge is 2.14. The second-order valence-corrected chi connectivity index (χ2v) is 7.02. The van der Waals surface area contributed by atoms with Crippen molar-refractivity contribution >= 4 is 23.2 Å². The van der Waals surface area contributed by atoms with Gasteiger partial charge in [0.1, 0.15) is 0 Å². The van der Waals surface area contributed by atoms with E-state index in [0.717, 1.165) is 30.2 Å². The molecule has 0 aliphatic carbocycles. The zero-order valence-electron chi connectivity index (χ0n) is 15.7. The molecule has 1 amide bonds. The highest BCUT2D eigenvalue weighted by Crippen LogP contribution is 2.23. The van der Waals surface area contributed by atoms with Crippen LogP contribution in [0.25, 0.3) is 0 Å². The van der Waals surface area contributed by atoms with Crippen molar-refractivity contribution in [3.63, 3.8) is 0 Å². The molecule has 0 saturated carbocycles. The molecule has 2 aromatic rings. The SMILES string of the molecule is Cc1cc(C)nc(NC(C)CC(=O)Nc2cccc(N3CCCC3)c2)n1. The van der Waals surface area contributed by atoms with E-state index in [2.05, 4.69) is 31.6 Å². The fraction of sp³-hybridized carbons (Fsp3) is 0.450. The Balaban J connectivity index is 1.55. The normalized spacial score (nSPS) is 15.0. The molecule has 1 aliphatic heterocycles. The van der Waals surface area contributed by atoms with Crippen LogP contribution in [0.1, 0.15) is 37.6 Å². The monoisotopic (exact) mass is 353 g/mol. The van der Waals surface area contributed by atoms with E-state index in [9.17, 15) is 4.79 Å². The largest absolute Gasteiger partial charge is 0.371 e. The molecule has 3 rings (SSSR count). The van der Waals surface area contributed by atoms with E-state index >= 15 is 0 Å². The summed E-state index contributed by atoms with van der Waals surface area (Å²) in [5, 5.41) is 6.20. The van der Waals surface area contributed by atoms with E-state index in [0.29, 0.717) is 12.4 Å². The van der Waals surface area contributed by atoms with Gasteiger partial charge in [-0.2, -0.15) is 0 Å². The van der Waals surface area contributed by atoms with Gasteiger partial charge in [-0.15, -0.1) is 0 Å². The minimum absolute atomic E-state index is 0.0204. The van der Waals surface area contributed by atoms with Crippen LogP contribution in [0.4, 0.5) is 17.3 Å². The lowest BCUT2D eigenvalue weighted by molar-refractivity contribution is -0.116. The summed E-state index contributed by atoms with van der Waals surface area (Å²) in [7, 11) is 0. The maximum Gasteiger partial charge on any atom is 0.226 e. The van der Waals surface area contributed by atoms with Gasteiger partial charge >= 0.3 is 0 Å². The van der Waals surface area contributed by atoms with Gasteiger partial charge in [0.05, 0.1) is 0 Å². The molecule has 2 N–H and O–H groups in total. The van der Waals surface area contributed by atoms with Crippen LogP contribution in [0.5, 0.6) is 0 Å². The van der Waals surface area contributed by atoms with Crippen molar-refractivity contribution in [1.29, 1.82) is 0 Å². The summed E-state index contributed by atoms with van der Waals surface area (Å²) >= 11 is 0. The molecule has 1 aliphatic rings. The first-order valence-electron chi connectivity index (χ1n) is 9.23. The topological polar surface area (TPSA) is 70.2 Å². The van der Waals surface area contributed by atoms with Crippen LogP contribution in [0.3, 0.4) is 0 Å². The lowest BCUT2D eigenvalue weighted by atomic mass is 10.2. The van der Waals surface area contributed by atoms with Crippen LogP contribution in [0.2, 0.25) is 0 Å². The summed E-state index contributed by atoms with van der Waals surface area (Å²) in [4.78, 5) is 23.5. The molecule has 1 unspecified atom stereocenters. The molecule has 1 fully saturated rings. The molecule has 0 bridgehead atoms. The second-order valence-electron chi connectivity index (χ2n) is 7.02. The van der Waals surface area contributed by atoms with Gasteiger partial charge in [-0.3, -0.25) is 4.79 Å². The summed E-state index contributed by atoms with van der Waals surface area (Å²) in [5.74, 6) is 0.548. The third kappa shape index (κ3) is 4.94. The minimum Gasteiger partial charge on any atom is -0.371 e. The Labute approximate surface area is 155 Å². The third-order valence-corrected chi connectivity index (χ3v) is 4.45. The number of carbonyl (C=O) groups is 1. The standard InChI is InChI=1S/C20H27N5O/c1-14-11-15(2)22-20(21-14)23-16(3)12-19(26)24-17-7-6-8-18(13-17)25-9-4-5-10-25/h6-8,11,13,16H,4-5,9-10,12H2,1-3H3,(H,24,26)(H,21,22,23). The van der Waals surface area contributed by atoms with Crippen LogP contribution in [0.15, 0.2) is 30.3 Å². The molecule has 1 aromatic carbocycles. The van der Waals surface area contributed by atoms with Gasteiger partial charge in [-0.1, -0.05) is 6.07 Å². The molecule has 1 saturated heterocycles. The molecule has 6 heteroatoms. The molecule has 138 valence electrons. The highest BCUT2D eigenvalue weighted by atomic mass is 16.1. The molecule has 0 radical (unpaired) electrons. The van der Waals surface area contributed by atoms with Gasteiger partial charge in [0.2, 0.25) is 11.9 Å². The molecule has 6 nitrogen and oxygen atoms in total. The summed E-state index contributed by atoms with van der Waals surface area (Å²) < 4.78 is 0. The lowest BCUT2D eigenvalue weighted by Crippen LogP contribution is -2.25. The van der Waals surface area contributed by atoms with Crippen molar-refractivity contribution in [2.45, 2.75) is 46.1 Å². The van der Waals surface area contributed by atoms with Crippen molar-refractivity contribution in [3.8, 4) is 0 Å². The number of amides is 1. The lowest BCUT2D eigenvalue weighted by Gasteiger charge is -2.19. The van der Waals surface area contributed by atoms with Gasteiger partial charge in [0, 0.05) is 48.3 Å². The Bertz CT molecular complexity index is 750. The van der Waals surface area contributed by atoms with Crippen LogP contribution >= 0.6 is 0 Å². The fourth-order valence-electron chi connectivity index (χ4n) is 3.31. The minimum atomic E-state index is -0.0574. The van der Waals surface area contributed by atoms with E-state index in [-0.39, 0.29) is 11.9 Å². The number of hydrogen-bond acceptors (Lipinski definition) is 5. The Morgan fingerprint density at radius 2 is 1.85 bits per heavy atom. The summed E-state index contributed by atoms with van der Waals surface area (Å²) in [6.07, 6.45) is 2.82. The number of aromatic nitrogens is 2. The molecule has 0 spiro atoms. The first kappa shape index (κ1) is 18.2. The van der Waals surface area contributed by atoms with Gasteiger partial charge in [-0.25, -0.2) is 9.97 Å². The van der Waals surface area contributed by atoms with Crippen LogP contribution in [-0.2, 0) is 4.79 Å². The van der Waals surface area contributed by atoms with Gasteiger partial charge in [0.25, 0.3) is 0 Å². The first-order valence-corrected chi connectivity index (χ1v) is 9.23. The number of anilines is 3. The average Bonchev–Trinajstić information content (AvgIpc) is 3.08. The van der Waals surface area contributed by atoms with E-state index < -0.39 is 0 Å². The number of hydrogen-bond donors (Lipinski definition) is 2. The van der Waals surface area contributed by atoms with Crippen molar-refractivity contribution in [1.82, 2.24) is 9.97 Å². The maximum atomic E-state index is 12.4. The number of nitrogens with one attached hydrogen (secondary N) is 2. The van der Waals surface area contributed by atoms with Gasteiger partial charge < -0.3 is 15.5 Å². The highest BCUT2D eigenvalue weighted by molar-refractivity contribution is 5.91. The summed E-state index contributed by atoms with van der Waals surface area (Å²) in [6, 6.07) is 9.95. The summed E-state index contributed by atoms with van der Waals surface area (Å²) in [5.41, 5.74) is 3.84. The van der Waals surface area contributed by atoms with Crippen LogP contribution in [0, 0.1) is 13.8 Å². The Morgan fingerprint density at radius 1 is 1.15 bits per heavy atom. The number of aryl methyl sites for hydroxylation is 2. The molecule has 1 aromatic heterocycles. The molecule has 1 atom stereocenters. The van der Waals surface area contributed by atoms with Crippen molar-refractivity contribution in [2.75, 3.05) is 28.6 Å². The number of nitrogens with zero attached hydrogens (tertiary/aromatic N) is 3. The molecular weight excluding hydrogens is 326 g/mol. The number of rotatable bonds is 6. The van der Waals surface area contributed by atoms with Crippen molar-refractivity contribution in [2.24, 2.45) is 0 Å². The smallest absolute Gasteiger partial charge is 0.226 e. The first-order chi connectivity index (χ1) is 12.5. The Hall–Kier alpha value is -2.63. The average molecular weight is 353 g/mol. The van der Waals surface area contributed by atoms with E-state index in [1.165, 1.54) is 18.5 Å². The number of carbonyl (C=O) groups excluding carboxylic acids is 1. The quantitative estimate of drug-likeness (QED) is 0.831. The Morgan fingerprint density at radius 3 is 2.54 bits per heavy atom. The van der Waals surface area contributed by atoms with Gasteiger partial charge in [-0.05, 0) is 57.9 Å². The zero-order chi connectivity index (χ0) is 18.5. The number of benzene rings is 1. The van der Waals surface area contributed by atoms with Crippen LogP contribution in [-0.4, -0.2) is 35.0 Å². The van der Waals surface area contributed by atoms with E-state index in [4.69, 9.17) is 0 Å². The molecular formula is C20H27N5O. The fourth-order valence-corrected chi connectivity index (χ4v) is 3.31. The van der Waals surface area contributed by atoms with Crippen molar-refractivity contribution in [3.05, 3.63) is 41.7 Å². The van der Waals surface area contributed by atoms with Gasteiger partial charge in [0.15, 0.2) is 0 Å². The van der Waals surface area contributed by atoms with Crippen LogP contribution < -0.4 is 15.5 Å². The maximum absolute atomic E-state index is 12.4. The molecule has 26 heavy (non-hydrogen) atoms. The predicted molar refractivity (Wildman–Crippen MR) is 106 cm³/mol. The van der Waals surface area contributed by atoms with E-state index in [1.54, 1.807) is 0 Å². The van der Waals surface area contributed by atoms with Crippen molar-refractivity contribution < 1.29 is 4.79 Å². The Kier molecular flexibility index (Phi) is 5.71.